The summed E-state index contributed by atoms with van der Waals surface area (Å²) in [6.45, 7) is 0. The predicted octanol–water partition coefficient (Wildman–Crippen LogP) is 3.40. The summed E-state index contributed by atoms with van der Waals surface area (Å²) in [6, 6.07) is 11.4. The quantitative estimate of drug-likeness (QED) is 0.689. The minimum Gasteiger partial charge on any atom is -0.494 e. The Morgan fingerprint density at radius 3 is 2.81 bits per heavy atom. The maximum Gasteiger partial charge on any atom is 0.203 e. The summed E-state index contributed by atoms with van der Waals surface area (Å²) >= 11 is 0. The van der Waals surface area contributed by atoms with Gasteiger partial charge in [-0.3, -0.25) is 4.79 Å². The van der Waals surface area contributed by atoms with Gasteiger partial charge in [-0.05, 0) is 30.3 Å². The number of methoxy groups -OCH3 is 1. The first-order chi connectivity index (χ1) is 10.2. The fourth-order valence-electron chi connectivity index (χ4n) is 2.07. The van der Waals surface area contributed by atoms with E-state index in [1.807, 2.05) is 12.1 Å². The number of Topliss-reactive ketones (excluding diaryl/α,β-unsaturated/α-hetero) is 1. The number of carbonyl (C=O) groups is 1. The van der Waals surface area contributed by atoms with Gasteiger partial charge in [0, 0.05) is 5.56 Å². The number of oxazole rings is 1. The van der Waals surface area contributed by atoms with Gasteiger partial charge in [0.05, 0.1) is 13.5 Å². The number of ketones is 1. The van der Waals surface area contributed by atoms with Gasteiger partial charge in [0.15, 0.2) is 22.9 Å². The van der Waals surface area contributed by atoms with Crippen LogP contribution in [0.25, 0.3) is 11.1 Å². The molecular weight excluding hydrogens is 273 g/mol. The van der Waals surface area contributed by atoms with Crippen molar-refractivity contribution < 1.29 is 18.3 Å². The van der Waals surface area contributed by atoms with Crippen molar-refractivity contribution >= 4 is 16.9 Å². The number of fused-ring (bicyclic) bond motifs is 1. The van der Waals surface area contributed by atoms with Gasteiger partial charge in [0.1, 0.15) is 5.52 Å². The van der Waals surface area contributed by atoms with Gasteiger partial charge >= 0.3 is 0 Å². The van der Waals surface area contributed by atoms with Crippen molar-refractivity contribution in [1.29, 1.82) is 0 Å². The normalized spacial score (nSPS) is 10.8. The van der Waals surface area contributed by atoms with Gasteiger partial charge < -0.3 is 9.15 Å². The van der Waals surface area contributed by atoms with Crippen LogP contribution in [0.1, 0.15) is 16.2 Å². The van der Waals surface area contributed by atoms with Crippen molar-refractivity contribution in [3.05, 3.63) is 59.7 Å². The molecule has 0 fully saturated rings. The zero-order valence-corrected chi connectivity index (χ0v) is 11.3. The molecule has 0 aliphatic rings. The molecule has 0 saturated heterocycles. The van der Waals surface area contributed by atoms with E-state index in [-0.39, 0.29) is 23.5 Å². The zero-order chi connectivity index (χ0) is 14.8. The van der Waals surface area contributed by atoms with Crippen molar-refractivity contribution in [2.75, 3.05) is 7.11 Å². The lowest BCUT2D eigenvalue weighted by atomic mass is 10.1. The Balaban J connectivity index is 1.84. The number of aromatic nitrogens is 1. The van der Waals surface area contributed by atoms with Crippen molar-refractivity contribution in [1.82, 2.24) is 4.98 Å². The Bertz CT molecular complexity index is 777. The molecule has 0 bridgehead atoms. The molecule has 0 saturated carbocycles. The second-order valence-corrected chi connectivity index (χ2v) is 4.52. The first-order valence-corrected chi connectivity index (χ1v) is 6.38. The summed E-state index contributed by atoms with van der Waals surface area (Å²) in [5, 5.41) is 0. The molecule has 0 aliphatic heterocycles. The van der Waals surface area contributed by atoms with E-state index in [0.29, 0.717) is 17.0 Å². The largest absolute Gasteiger partial charge is 0.494 e. The summed E-state index contributed by atoms with van der Waals surface area (Å²) in [4.78, 5) is 16.4. The molecule has 4 nitrogen and oxygen atoms in total. The number of carbonyl (C=O) groups excluding carboxylic acids is 1. The highest BCUT2D eigenvalue weighted by atomic mass is 19.1. The highest BCUT2D eigenvalue weighted by Crippen LogP contribution is 2.20. The van der Waals surface area contributed by atoms with Crippen LogP contribution in [-0.2, 0) is 6.42 Å². The third-order valence-corrected chi connectivity index (χ3v) is 3.12. The second kappa shape index (κ2) is 5.36. The highest BCUT2D eigenvalue weighted by molar-refractivity contribution is 5.97. The lowest BCUT2D eigenvalue weighted by Gasteiger charge is -2.03. The Morgan fingerprint density at radius 1 is 1.29 bits per heavy atom. The fraction of sp³-hybridized carbons (Fsp3) is 0.125. The van der Waals surface area contributed by atoms with Gasteiger partial charge in [-0.2, -0.15) is 0 Å². The van der Waals surface area contributed by atoms with Crippen LogP contribution in [-0.4, -0.2) is 17.9 Å². The van der Waals surface area contributed by atoms with Gasteiger partial charge in [-0.25, -0.2) is 9.37 Å². The van der Waals surface area contributed by atoms with Gasteiger partial charge in [0.2, 0.25) is 5.89 Å². The van der Waals surface area contributed by atoms with Gasteiger partial charge in [-0.1, -0.05) is 12.1 Å². The van der Waals surface area contributed by atoms with E-state index >= 15 is 0 Å². The number of halogens is 1. The molecule has 21 heavy (non-hydrogen) atoms. The highest BCUT2D eigenvalue weighted by Gasteiger charge is 2.14. The predicted molar refractivity (Wildman–Crippen MR) is 75.0 cm³/mol. The SMILES string of the molecule is COc1ccc(C(=O)Cc2nc3ccccc3o2)cc1F. The molecular formula is C16H12FNO3. The molecule has 0 unspecified atom stereocenters. The van der Waals surface area contributed by atoms with E-state index < -0.39 is 5.82 Å². The maximum absolute atomic E-state index is 13.6. The molecule has 0 aliphatic carbocycles. The average molecular weight is 285 g/mol. The lowest BCUT2D eigenvalue weighted by molar-refractivity contribution is 0.0985. The number of ether oxygens (including phenoxy) is 1. The summed E-state index contributed by atoms with van der Waals surface area (Å²) in [7, 11) is 1.37. The number of nitrogens with zero attached hydrogens (tertiary/aromatic N) is 1. The topological polar surface area (TPSA) is 52.3 Å². The summed E-state index contributed by atoms with van der Waals surface area (Å²) in [6.07, 6.45) is -0.0134. The zero-order valence-electron chi connectivity index (χ0n) is 11.3. The molecule has 3 rings (SSSR count). The van der Waals surface area contributed by atoms with Crippen molar-refractivity contribution in [3.8, 4) is 5.75 Å². The molecule has 3 aromatic rings. The molecule has 2 aromatic carbocycles. The number of para-hydroxylation sites is 2. The van der Waals surface area contributed by atoms with Crippen LogP contribution in [0.3, 0.4) is 0 Å². The van der Waals surface area contributed by atoms with Gasteiger partial charge in [-0.15, -0.1) is 0 Å². The van der Waals surface area contributed by atoms with E-state index in [1.165, 1.54) is 19.2 Å². The molecule has 1 heterocycles. The third kappa shape index (κ3) is 2.63. The van der Waals surface area contributed by atoms with Crippen LogP contribution in [0.2, 0.25) is 0 Å². The monoisotopic (exact) mass is 285 g/mol. The molecule has 106 valence electrons. The van der Waals surface area contributed by atoms with Crippen LogP contribution >= 0.6 is 0 Å². The summed E-state index contributed by atoms with van der Waals surface area (Å²) in [5.41, 5.74) is 1.58. The maximum atomic E-state index is 13.6. The molecule has 0 radical (unpaired) electrons. The van der Waals surface area contributed by atoms with Gasteiger partial charge in [0.25, 0.3) is 0 Å². The van der Waals surface area contributed by atoms with Crippen LogP contribution in [0.5, 0.6) is 5.75 Å². The molecule has 5 heteroatoms. The summed E-state index contributed by atoms with van der Waals surface area (Å²) in [5.74, 6) is -0.408. The molecule has 0 atom stereocenters. The molecule has 0 N–H and O–H groups in total. The Labute approximate surface area is 120 Å². The number of hydrogen-bond donors (Lipinski definition) is 0. The fourth-order valence-corrected chi connectivity index (χ4v) is 2.07. The molecule has 0 amide bonds. The minimum atomic E-state index is -0.569. The average Bonchev–Trinajstić information content (AvgIpc) is 2.89. The Morgan fingerprint density at radius 2 is 2.10 bits per heavy atom. The Hall–Kier alpha value is -2.69. The van der Waals surface area contributed by atoms with E-state index in [4.69, 9.17) is 9.15 Å². The first kappa shape index (κ1) is 13.3. The molecule has 1 aromatic heterocycles. The van der Waals surface area contributed by atoms with Crippen LogP contribution in [0.4, 0.5) is 4.39 Å². The second-order valence-electron chi connectivity index (χ2n) is 4.52. The van der Waals surface area contributed by atoms with Crippen LogP contribution in [0, 0.1) is 5.82 Å². The van der Waals surface area contributed by atoms with Crippen molar-refractivity contribution in [2.45, 2.75) is 6.42 Å². The minimum absolute atomic E-state index is 0.0134. The van der Waals surface area contributed by atoms with Crippen LogP contribution in [0.15, 0.2) is 46.9 Å². The number of hydrogen-bond acceptors (Lipinski definition) is 4. The van der Waals surface area contributed by atoms with E-state index in [0.717, 1.165) is 6.07 Å². The number of rotatable bonds is 4. The van der Waals surface area contributed by atoms with Crippen molar-refractivity contribution in [3.63, 3.8) is 0 Å². The van der Waals surface area contributed by atoms with E-state index in [1.54, 1.807) is 12.1 Å². The standard InChI is InChI=1S/C16H12FNO3/c1-20-14-7-6-10(8-11(14)17)13(19)9-16-18-12-4-2-3-5-15(12)21-16/h2-8H,9H2,1H3. The van der Waals surface area contributed by atoms with Crippen LogP contribution < -0.4 is 4.74 Å². The number of benzene rings is 2. The molecule has 0 spiro atoms. The smallest absolute Gasteiger partial charge is 0.203 e. The lowest BCUT2D eigenvalue weighted by Crippen LogP contribution is -2.04. The summed E-state index contributed by atoms with van der Waals surface area (Å²) < 4.78 is 23.9. The first-order valence-electron chi connectivity index (χ1n) is 6.38. The van der Waals surface area contributed by atoms with E-state index in [9.17, 15) is 9.18 Å². The Kier molecular flexibility index (Phi) is 3.39. The van der Waals surface area contributed by atoms with Crippen molar-refractivity contribution in [2.24, 2.45) is 0 Å². The van der Waals surface area contributed by atoms with E-state index in [2.05, 4.69) is 4.98 Å². The third-order valence-electron chi connectivity index (χ3n) is 3.12.